The standard InChI is InChI=1S/C20H21ClF3N3O/c1-13-5-6-14(11-25-13)17(27-9-7-20(23,24)8-10-27)12-26-19(28)15-3-2-4-16(22)18(15)21/h2-6,11,17H,7-10,12H2,1H3,(H,26,28). The lowest BCUT2D eigenvalue weighted by Crippen LogP contribution is -2.45. The van der Waals surface area contributed by atoms with Crippen molar-refractivity contribution in [3.05, 3.63) is 64.2 Å². The number of rotatable bonds is 5. The number of nitrogens with one attached hydrogen (secondary N) is 1. The van der Waals surface area contributed by atoms with E-state index in [1.807, 2.05) is 24.0 Å². The Morgan fingerprint density at radius 3 is 2.64 bits per heavy atom. The fourth-order valence-electron chi connectivity index (χ4n) is 3.26. The first-order valence-electron chi connectivity index (χ1n) is 9.03. The second-order valence-corrected chi connectivity index (χ2v) is 7.33. The maximum Gasteiger partial charge on any atom is 0.252 e. The molecular weight excluding hydrogens is 391 g/mol. The third-order valence-electron chi connectivity index (χ3n) is 4.94. The smallest absolute Gasteiger partial charge is 0.252 e. The second-order valence-electron chi connectivity index (χ2n) is 6.95. The molecule has 1 unspecified atom stereocenters. The number of aryl methyl sites for hydroxylation is 1. The molecule has 0 radical (unpaired) electrons. The topological polar surface area (TPSA) is 45.2 Å². The number of hydrogen-bond donors (Lipinski definition) is 1. The van der Waals surface area contributed by atoms with Gasteiger partial charge in [0.05, 0.1) is 16.6 Å². The lowest BCUT2D eigenvalue weighted by Gasteiger charge is -2.37. The van der Waals surface area contributed by atoms with Crippen molar-refractivity contribution in [2.75, 3.05) is 19.6 Å². The van der Waals surface area contributed by atoms with Crippen LogP contribution in [0.5, 0.6) is 0 Å². The van der Waals surface area contributed by atoms with Gasteiger partial charge in [-0.25, -0.2) is 13.2 Å². The highest BCUT2D eigenvalue weighted by Gasteiger charge is 2.36. The van der Waals surface area contributed by atoms with Crippen LogP contribution < -0.4 is 5.32 Å². The molecule has 8 heteroatoms. The second kappa shape index (κ2) is 8.49. The van der Waals surface area contributed by atoms with Gasteiger partial charge in [-0.05, 0) is 30.7 Å². The number of alkyl halides is 2. The summed E-state index contributed by atoms with van der Waals surface area (Å²) in [6, 6.07) is 7.41. The molecule has 1 aliphatic rings. The molecule has 0 bridgehead atoms. The van der Waals surface area contributed by atoms with Crippen LogP contribution >= 0.6 is 11.6 Å². The summed E-state index contributed by atoms with van der Waals surface area (Å²) in [4.78, 5) is 18.7. The number of benzene rings is 1. The number of carbonyl (C=O) groups excluding carboxylic acids is 1. The van der Waals surface area contributed by atoms with Crippen LogP contribution in [0, 0.1) is 12.7 Å². The van der Waals surface area contributed by atoms with Gasteiger partial charge in [0.1, 0.15) is 5.82 Å². The van der Waals surface area contributed by atoms with Gasteiger partial charge < -0.3 is 5.32 Å². The minimum atomic E-state index is -2.66. The molecule has 1 N–H and O–H groups in total. The molecular formula is C20H21ClF3N3O. The number of amides is 1. The molecule has 1 atom stereocenters. The van der Waals surface area contributed by atoms with Crippen molar-refractivity contribution in [2.45, 2.75) is 31.7 Å². The zero-order valence-corrected chi connectivity index (χ0v) is 16.1. The molecule has 4 nitrogen and oxygen atoms in total. The van der Waals surface area contributed by atoms with E-state index in [1.54, 1.807) is 6.20 Å². The van der Waals surface area contributed by atoms with E-state index in [0.29, 0.717) is 0 Å². The van der Waals surface area contributed by atoms with Crippen LogP contribution in [0.3, 0.4) is 0 Å². The van der Waals surface area contributed by atoms with E-state index >= 15 is 0 Å². The Kier molecular flexibility index (Phi) is 6.25. The fraction of sp³-hybridized carbons (Fsp3) is 0.400. The first kappa shape index (κ1) is 20.6. The Labute approximate surface area is 166 Å². The van der Waals surface area contributed by atoms with Gasteiger partial charge in [-0.1, -0.05) is 23.7 Å². The highest BCUT2D eigenvalue weighted by molar-refractivity contribution is 6.34. The largest absolute Gasteiger partial charge is 0.350 e. The van der Waals surface area contributed by atoms with Crippen LogP contribution in [0.15, 0.2) is 36.5 Å². The van der Waals surface area contributed by atoms with Crippen molar-refractivity contribution < 1.29 is 18.0 Å². The van der Waals surface area contributed by atoms with Crippen molar-refractivity contribution in [2.24, 2.45) is 0 Å². The quantitative estimate of drug-likeness (QED) is 0.794. The highest BCUT2D eigenvalue weighted by atomic mass is 35.5. The lowest BCUT2D eigenvalue weighted by atomic mass is 10.0. The van der Waals surface area contributed by atoms with E-state index in [2.05, 4.69) is 10.3 Å². The molecule has 0 aliphatic carbocycles. The molecule has 3 rings (SSSR count). The molecule has 0 saturated carbocycles. The van der Waals surface area contributed by atoms with Gasteiger partial charge >= 0.3 is 0 Å². The molecule has 1 saturated heterocycles. The van der Waals surface area contributed by atoms with E-state index in [9.17, 15) is 18.0 Å². The number of hydrogen-bond acceptors (Lipinski definition) is 3. The Bertz CT molecular complexity index is 835. The Morgan fingerprint density at radius 2 is 2.00 bits per heavy atom. The van der Waals surface area contributed by atoms with Crippen LogP contribution in [-0.2, 0) is 0 Å². The number of likely N-dealkylation sites (tertiary alicyclic amines) is 1. The van der Waals surface area contributed by atoms with Crippen LogP contribution in [0.25, 0.3) is 0 Å². The Balaban J connectivity index is 1.76. The van der Waals surface area contributed by atoms with E-state index < -0.39 is 17.6 Å². The monoisotopic (exact) mass is 411 g/mol. The third kappa shape index (κ3) is 4.83. The molecule has 1 fully saturated rings. The van der Waals surface area contributed by atoms with Gasteiger partial charge in [0.2, 0.25) is 0 Å². The highest BCUT2D eigenvalue weighted by Crippen LogP contribution is 2.32. The number of halogens is 4. The van der Waals surface area contributed by atoms with Gasteiger partial charge in [-0.3, -0.25) is 14.7 Å². The van der Waals surface area contributed by atoms with Gasteiger partial charge in [-0.15, -0.1) is 0 Å². The van der Waals surface area contributed by atoms with E-state index in [1.165, 1.54) is 18.2 Å². The van der Waals surface area contributed by atoms with Crippen molar-refractivity contribution >= 4 is 17.5 Å². The number of nitrogens with zero attached hydrogens (tertiary/aromatic N) is 2. The number of carbonyl (C=O) groups is 1. The van der Waals surface area contributed by atoms with Gasteiger partial charge in [-0.2, -0.15) is 0 Å². The SMILES string of the molecule is Cc1ccc(C(CNC(=O)c2cccc(F)c2Cl)N2CCC(F)(F)CC2)cn1. The molecule has 1 aliphatic heterocycles. The molecule has 28 heavy (non-hydrogen) atoms. The summed E-state index contributed by atoms with van der Waals surface area (Å²) >= 11 is 5.88. The summed E-state index contributed by atoms with van der Waals surface area (Å²) < 4.78 is 40.7. The fourth-order valence-corrected chi connectivity index (χ4v) is 3.47. The first-order valence-corrected chi connectivity index (χ1v) is 9.41. The predicted molar refractivity (Wildman–Crippen MR) is 101 cm³/mol. The zero-order valence-electron chi connectivity index (χ0n) is 15.4. The van der Waals surface area contributed by atoms with Crippen molar-refractivity contribution in [3.8, 4) is 0 Å². The average Bonchev–Trinajstić information content (AvgIpc) is 2.66. The van der Waals surface area contributed by atoms with Crippen LogP contribution in [0.2, 0.25) is 5.02 Å². The van der Waals surface area contributed by atoms with Gasteiger partial charge in [0.15, 0.2) is 0 Å². The predicted octanol–water partition coefficient (Wildman–Crippen LogP) is 4.38. The third-order valence-corrected chi connectivity index (χ3v) is 5.33. The van der Waals surface area contributed by atoms with Crippen molar-refractivity contribution in [1.82, 2.24) is 15.2 Å². The Morgan fingerprint density at radius 1 is 1.29 bits per heavy atom. The summed E-state index contributed by atoms with van der Waals surface area (Å²) in [5, 5.41) is 2.51. The zero-order chi connectivity index (χ0) is 20.3. The summed E-state index contributed by atoms with van der Waals surface area (Å²) in [7, 11) is 0. The van der Waals surface area contributed by atoms with E-state index in [4.69, 9.17) is 11.6 Å². The number of piperidine rings is 1. The average molecular weight is 412 g/mol. The molecule has 0 spiro atoms. The van der Waals surface area contributed by atoms with Crippen LogP contribution in [-0.4, -0.2) is 41.3 Å². The van der Waals surface area contributed by atoms with E-state index in [-0.39, 0.29) is 49.1 Å². The molecule has 2 heterocycles. The summed E-state index contributed by atoms with van der Waals surface area (Å²) in [5.74, 6) is -3.85. The van der Waals surface area contributed by atoms with Crippen LogP contribution in [0.4, 0.5) is 13.2 Å². The van der Waals surface area contributed by atoms with Gasteiger partial charge in [0.25, 0.3) is 11.8 Å². The first-order chi connectivity index (χ1) is 13.3. The molecule has 1 amide bonds. The summed E-state index contributed by atoms with van der Waals surface area (Å²) in [6.07, 6.45) is 1.23. The summed E-state index contributed by atoms with van der Waals surface area (Å²) in [5.41, 5.74) is 1.69. The minimum Gasteiger partial charge on any atom is -0.350 e. The van der Waals surface area contributed by atoms with Gasteiger partial charge in [0, 0.05) is 44.4 Å². The lowest BCUT2D eigenvalue weighted by molar-refractivity contribution is -0.0632. The summed E-state index contributed by atoms with van der Waals surface area (Å²) in [6.45, 7) is 2.44. The molecule has 1 aromatic heterocycles. The maximum absolute atomic E-state index is 13.6. The number of pyridine rings is 1. The Hall–Kier alpha value is -2.12. The molecule has 1 aromatic carbocycles. The number of aromatic nitrogens is 1. The molecule has 2 aromatic rings. The van der Waals surface area contributed by atoms with Crippen molar-refractivity contribution in [3.63, 3.8) is 0 Å². The van der Waals surface area contributed by atoms with E-state index in [0.717, 1.165) is 11.3 Å². The van der Waals surface area contributed by atoms with Crippen molar-refractivity contribution in [1.29, 1.82) is 0 Å². The molecule has 150 valence electrons. The normalized spacial score (nSPS) is 17.9. The minimum absolute atomic E-state index is 0.0348. The van der Waals surface area contributed by atoms with Crippen LogP contribution in [0.1, 0.15) is 40.5 Å². The maximum atomic E-state index is 13.6.